The minimum Gasteiger partial charge on any atom is -0.481 e. The fourth-order valence-electron chi connectivity index (χ4n) is 1.88. The summed E-state index contributed by atoms with van der Waals surface area (Å²) in [5.74, 6) is -0.716. The summed E-state index contributed by atoms with van der Waals surface area (Å²) < 4.78 is 36.4. The summed E-state index contributed by atoms with van der Waals surface area (Å²) in [7, 11) is 0. The molecule has 0 aliphatic carbocycles. The smallest absolute Gasteiger partial charge is 0.303 e. The highest BCUT2D eigenvalue weighted by Crippen LogP contribution is 2.08. The molecule has 2 nitrogen and oxygen atoms in total. The van der Waals surface area contributed by atoms with Crippen LogP contribution in [0.3, 0.4) is 0 Å². The van der Waals surface area contributed by atoms with E-state index in [1.807, 2.05) is 12.2 Å². The van der Waals surface area contributed by atoms with Crippen molar-refractivity contribution < 1.29 is 16.8 Å². The summed E-state index contributed by atoms with van der Waals surface area (Å²) in [5.41, 5.74) is 0. The van der Waals surface area contributed by atoms with Crippen molar-refractivity contribution >= 4 is 5.97 Å². The average Bonchev–Trinajstić information content (AvgIpc) is 2.49. The quantitative estimate of drug-likeness (QED) is 0.319. The molecule has 0 bridgehead atoms. The molecule has 0 amide bonds. The van der Waals surface area contributed by atoms with Crippen LogP contribution in [0.5, 0.6) is 0 Å². The molecule has 0 spiro atoms. The van der Waals surface area contributed by atoms with Gasteiger partial charge in [0.25, 0.3) is 0 Å². The van der Waals surface area contributed by atoms with Gasteiger partial charge in [-0.2, -0.15) is 0 Å². The van der Waals surface area contributed by atoms with Crippen molar-refractivity contribution in [3.05, 3.63) is 24.3 Å². The van der Waals surface area contributed by atoms with Crippen molar-refractivity contribution in [2.75, 3.05) is 0 Å². The lowest BCUT2D eigenvalue weighted by atomic mass is 10.1. The number of unbranched alkanes of at least 4 members (excludes halogenated alkanes) is 6. The summed E-state index contributed by atoms with van der Waals surface area (Å²) in [5, 5.41) is 8.52. The summed E-state index contributed by atoms with van der Waals surface area (Å²) in [6, 6.07) is 0. The van der Waals surface area contributed by atoms with Crippen molar-refractivity contribution in [2.45, 2.75) is 83.9 Å². The molecule has 0 radical (unpaired) electrons. The van der Waals surface area contributed by atoms with Gasteiger partial charge < -0.3 is 5.11 Å². The van der Waals surface area contributed by atoms with E-state index in [4.69, 9.17) is 12.0 Å². The first-order chi connectivity index (χ1) is 11.7. The molecular weight excluding hydrogens is 248 g/mol. The molecule has 0 aliphatic heterocycles. The molecule has 0 aromatic carbocycles. The van der Waals surface area contributed by atoms with Crippen LogP contribution in [0.25, 0.3) is 0 Å². The molecule has 0 aromatic rings. The van der Waals surface area contributed by atoms with Crippen molar-refractivity contribution in [1.29, 1.82) is 0 Å². The van der Waals surface area contributed by atoms with E-state index in [0.29, 0.717) is 12.8 Å². The second kappa shape index (κ2) is 16.0. The van der Waals surface area contributed by atoms with Crippen LogP contribution >= 0.6 is 0 Å². The molecule has 2 heteroatoms. The Morgan fingerprint density at radius 3 is 2.20 bits per heavy atom. The Kier molecular flexibility index (Phi) is 9.28. The zero-order valence-electron chi connectivity index (χ0n) is 17.4. The normalized spacial score (nSPS) is 16.7. The van der Waals surface area contributed by atoms with Crippen LogP contribution in [-0.4, -0.2) is 11.1 Å². The lowest BCUT2D eigenvalue weighted by molar-refractivity contribution is -0.137. The maximum atomic E-state index is 10.3. The Balaban J connectivity index is 3.51. The minimum atomic E-state index is -2.55. The molecule has 1 N–H and O–H groups in total. The van der Waals surface area contributed by atoms with Crippen LogP contribution in [-0.2, 0) is 4.79 Å². The monoisotopic (exact) mass is 285 g/mol. The van der Waals surface area contributed by atoms with Crippen LogP contribution in [0.4, 0.5) is 0 Å². The summed E-state index contributed by atoms with van der Waals surface area (Å²) in [4.78, 5) is 10.3. The molecule has 0 unspecified atom stereocenters. The van der Waals surface area contributed by atoms with E-state index in [1.165, 1.54) is 0 Å². The number of aliphatic carboxylic acids is 1. The van der Waals surface area contributed by atoms with Crippen LogP contribution in [0.1, 0.15) is 90.7 Å². The number of allylic oxidation sites excluding steroid dienone is 4. The second-order valence-corrected chi connectivity index (χ2v) is 4.95. The average molecular weight is 285 g/mol. The van der Waals surface area contributed by atoms with Gasteiger partial charge in [0.05, 0.1) is 0 Å². The topological polar surface area (TPSA) is 37.3 Å². The number of hydrogen-bond donors (Lipinski definition) is 1. The minimum absolute atomic E-state index is 0.0517. The summed E-state index contributed by atoms with van der Waals surface area (Å²) >= 11 is 0. The Labute approximate surface area is 132 Å². The highest BCUT2D eigenvalue weighted by atomic mass is 16.4. The van der Waals surface area contributed by atoms with E-state index < -0.39 is 19.2 Å². The molecule has 20 heavy (non-hydrogen) atoms. The van der Waals surface area contributed by atoms with Gasteiger partial charge in [-0.25, -0.2) is 0 Å². The van der Waals surface area contributed by atoms with E-state index in [-0.39, 0.29) is 12.8 Å². The van der Waals surface area contributed by atoms with Gasteiger partial charge in [-0.3, -0.25) is 4.79 Å². The maximum absolute atomic E-state index is 10.3. The summed E-state index contributed by atoms with van der Waals surface area (Å²) in [6.07, 6.45) is 14.7. The van der Waals surface area contributed by atoms with Crippen molar-refractivity contribution in [3.8, 4) is 0 Å². The Bertz CT molecular complexity index is 414. The van der Waals surface area contributed by atoms with Gasteiger partial charge in [0.2, 0.25) is 0 Å². The van der Waals surface area contributed by atoms with Gasteiger partial charge in [0, 0.05) is 13.3 Å². The Morgan fingerprint density at radius 1 is 0.950 bits per heavy atom. The molecule has 0 saturated heterocycles. The van der Waals surface area contributed by atoms with Gasteiger partial charge in [-0.15, -0.1) is 0 Å². The summed E-state index contributed by atoms with van der Waals surface area (Å²) in [6.45, 7) is -2.55. The Morgan fingerprint density at radius 2 is 1.55 bits per heavy atom. The van der Waals surface area contributed by atoms with E-state index in [1.54, 1.807) is 0 Å². The van der Waals surface area contributed by atoms with E-state index in [0.717, 1.165) is 44.9 Å². The standard InChI is InChI=1S/C18H32O2/c1-2-3-4-5-6-7-8-9-10-11-12-13-14-15-16-17-18(19)20/h6-7,9-10H,2-5,8,11-17H2,1H3,(H,19,20)/b7-6-,10-9-/i1D3,2D2. The zero-order valence-corrected chi connectivity index (χ0v) is 12.4. The van der Waals surface area contributed by atoms with E-state index in [9.17, 15) is 4.79 Å². The van der Waals surface area contributed by atoms with Crippen LogP contribution < -0.4 is 0 Å². The third-order valence-corrected chi connectivity index (χ3v) is 3.04. The van der Waals surface area contributed by atoms with Crippen molar-refractivity contribution in [3.63, 3.8) is 0 Å². The molecule has 0 atom stereocenters. The molecular formula is C18H32O2. The number of rotatable bonds is 14. The number of hydrogen-bond acceptors (Lipinski definition) is 1. The van der Waals surface area contributed by atoms with Gasteiger partial charge >= 0.3 is 5.97 Å². The Hall–Kier alpha value is -1.05. The fraction of sp³-hybridized carbons (Fsp3) is 0.722. The second-order valence-electron chi connectivity index (χ2n) is 4.95. The zero-order chi connectivity index (χ0) is 19.2. The lowest BCUT2D eigenvalue weighted by Gasteiger charge is -1.98. The van der Waals surface area contributed by atoms with Crippen LogP contribution in [0, 0.1) is 0 Å². The van der Waals surface area contributed by atoms with Gasteiger partial charge in [-0.05, 0) is 38.5 Å². The first-order valence-electron chi connectivity index (χ1n) is 10.2. The molecule has 0 heterocycles. The highest BCUT2D eigenvalue weighted by Gasteiger charge is 1.95. The largest absolute Gasteiger partial charge is 0.481 e. The molecule has 0 aliphatic rings. The van der Waals surface area contributed by atoms with Gasteiger partial charge in [0.15, 0.2) is 0 Å². The predicted octanol–water partition coefficient (Wildman–Crippen LogP) is 5.88. The van der Waals surface area contributed by atoms with Gasteiger partial charge in [0.1, 0.15) is 0 Å². The first-order valence-corrected chi connectivity index (χ1v) is 7.68. The SMILES string of the molecule is [2H]C([2H])([2H])C([2H])([2H])CCC/C=C\C/C=C\CCCCCCCC(=O)O. The van der Waals surface area contributed by atoms with Crippen LogP contribution in [0.2, 0.25) is 0 Å². The molecule has 116 valence electrons. The maximum Gasteiger partial charge on any atom is 0.303 e. The van der Waals surface area contributed by atoms with Crippen LogP contribution in [0.15, 0.2) is 24.3 Å². The predicted molar refractivity (Wildman–Crippen MR) is 87.0 cm³/mol. The third kappa shape index (κ3) is 16.9. The van der Waals surface area contributed by atoms with Crippen molar-refractivity contribution in [2.24, 2.45) is 0 Å². The number of carbonyl (C=O) groups is 1. The fourth-order valence-corrected chi connectivity index (χ4v) is 1.88. The first kappa shape index (κ1) is 11.6. The molecule has 0 saturated carbocycles. The number of carboxylic acid groups (broad SMARTS) is 1. The van der Waals surface area contributed by atoms with Gasteiger partial charge in [-0.1, -0.05) is 63.2 Å². The number of carboxylic acids is 1. The third-order valence-electron chi connectivity index (χ3n) is 3.04. The molecule has 0 rings (SSSR count). The van der Waals surface area contributed by atoms with Crippen molar-refractivity contribution in [1.82, 2.24) is 0 Å². The van der Waals surface area contributed by atoms with E-state index >= 15 is 0 Å². The van der Waals surface area contributed by atoms with E-state index in [2.05, 4.69) is 12.2 Å². The lowest BCUT2D eigenvalue weighted by Crippen LogP contribution is -1.93. The highest BCUT2D eigenvalue weighted by molar-refractivity contribution is 5.66. The molecule has 0 aromatic heterocycles. The molecule has 0 fully saturated rings.